The van der Waals surface area contributed by atoms with Crippen LogP contribution in [0.4, 0.5) is 0 Å². The zero-order valence-corrected chi connectivity index (χ0v) is 23.9. The van der Waals surface area contributed by atoms with Crippen molar-refractivity contribution in [3.8, 4) is 16.8 Å². The fourth-order valence-corrected chi connectivity index (χ4v) is 13.7. The van der Waals surface area contributed by atoms with Crippen molar-refractivity contribution in [2.24, 2.45) is 0 Å². The number of thiophene rings is 1. The molecule has 3 heteroatoms. The summed E-state index contributed by atoms with van der Waals surface area (Å²) >= 11 is 0.150. The zero-order valence-electron chi connectivity index (χ0n) is 20.9. The molecule has 0 bridgehead atoms. The number of nitrogens with zero attached hydrogens (tertiary/aromatic N) is 1. The molecule has 0 saturated heterocycles. The van der Waals surface area contributed by atoms with Gasteiger partial charge in [-0.1, -0.05) is 0 Å². The quantitative estimate of drug-likeness (QED) is 0.168. The summed E-state index contributed by atoms with van der Waals surface area (Å²) in [5.74, 6) is 0. The van der Waals surface area contributed by atoms with Crippen LogP contribution in [0.3, 0.4) is 0 Å². The first-order valence-electron chi connectivity index (χ1n) is 13.2. The van der Waals surface area contributed by atoms with Crippen molar-refractivity contribution in [2.45, 2.75) is 0 Å². The standard InChI is InChI=1S/C36H22INS/c1-5-13-31-25(9-1)26-10-2-6-14-32(26)37(31)23-17-19-35-29(21-23)30-22-24(18-20-36(30)39-35)38-33-15-7-3-11-27(33)28-12-4-8-16-34(28)38/h1-22H. The van der Waals surface area contributed by atoms with Gasteiger partial charge in [-0.15, -0.1) is 0 Å². The average molecular weight is 628 g/mol. The Hall–Kier alpha value is -3.93. The van der Waals surface area contributed by atoms with E-state index in [1.165, 1.54) is 62.4 Å². The molecule has 9 rings (SSSR count). The fraction of sp³-hybridized carbons (Fsp3) is 0. The van der Waals surface area contributed by atoms with Gasteiger partial charge in [0.05, 0.1) is 0 Å². The van der Waals surface area contributed by atoms with Crippen molar-refractivity contribution >= 4 is 73.1 Å². The number of benzene rings is 6. The minimum atomic E-state index is -1.76. The number of hydrogen-bond donors (Lipinski definition) is 0. The van der Waals surface area contributed by atoms with Gasteiger partial charge in [0.1, 0.15) is 0 Å². The van der Waals surface area contributed by atoms with E-state index < -0.39 is 19.8 Å². The van der Waals surface area contributed by atoms with E-state index in [1.807, 2.05) is 11.3 Å². The molecule has 0 radical (unpaired) electrons. The Morgan fingerprint density at radius 1 is 0.462 bits per heavy atom. The number of rotatable bonds is 2. The summed E-state index contributed by atoms with van der Waals surface area (Å²) in [6.07, 6.45) is 0. The van der Waals surface area contributed by atoms with Crippen molar-refractivity contribution in [1.29, 1.82) is 0 Å². The maximum atomic E-state index is 2.52. The average Bonchev–Trinajstić information content (AvgIpc) is 3.64. The van der Waals surface area contributed by atoms with Crippen LogP contribution in [0, 0.1) is 10.7 Å². The van der Waals surface area contributed by atoms with Gasteiger partial charge in [0.15, 0.2) is 0 Å². The molecule has 8 aromatic rings. The van der Waals surface area contributed by atoms with E-state index in [2.05, 4.69) is 138 Å². The topological polar surface area (TPSA) is 4.93 Å². The monoisotopic (exact) mass is 627 g/mol. The third-order valence-corrected chi connectivity index (χ3v) is 15.2. The van der Waals surface area contributed by atoms with E-state index in [0.717, 1.165) is 0 Å². The van der Waals surface area contributed by atoms with Crippen LogP contribution in [0.15, 0.2) is 133 Å². The van der Waals surface area contributed by atoms with E-state index in [1.54, 1.807) is 7.14 Å². The number of hydrogen-bond acceptors (Lipinski definition) is 1. The van der Waals surface area contributed by atoms with Gasteiger partial charge in [-0.25, -0.2) is 0 Å². The second-order valence-corrected chi connectivity index (χ2v) is 16.3. The first-order valence-corrected chi connectivity index (χ1v) is 17.2. The van der Waals surface area contributed by atoms with Crippen molar-refractivity contribution in [3.63, 3.8) is 0 Å². The molecule has 0 aliphatic carbocycles. The van der Waals surface area contributed by atoms with Crippen LogP contribution in [0.5, 0.6) is 0 Å². The predicted molar refractivity (Wildman–Crippen MR) is 176 cm³/mol. The number of fused-ring (bicyclic) bond motifs is 9. The van der Waals surface area contributed by atoms with Crippen LogP contribution in [0.1, 0.15) is 0 Å². The van der Waals surface area contributed by atoms with Crippen LogP contribution >= 0.6 is 31.2 Å². The van der Waals surface area contributed by atoms with Gasteiger partial charge in [-0.2, -0.15) is 0 Å². The van der Waals surface area contributed by atoms with Crippen molar-refractivity contribution < 1.29 is 0 Å². The Morgan fingerprint density at radius 3 is 1.67 bits per heavy atom. The summed E-state index contributed by atoms with van der Waals surface area (Å²) in [7, 11) is 0. The Kier molecular flexibility index (Phi) is 4.66. The van der Waals surface area contributed by atoms with E-state index in [9.17, 15) is 0 Å². The second kappa shape index (κ2) is 8.28. The van der Waals surface area contributed by atoms with E-state index >= 15 is 0 Å². The van der Waals surface area contributed by atoms with Gasteiger partial charge >= 0.3 is 239 Å². The molecule has 1 aliphatic heterocycles. The summed E-state index contributed by atoms with van der Waals surface area (Å²) in [6.45, 7) is 0. The molecule has 1 nitrogen and oxygen atoms in total. The Balaban J connectivity index is 1.28. The van der Waals surface area contributed by atoms with Crippen LogP contribution in [0.2, 0.25) is 0 Å². The molecule has 1 aliphatic rings. The van der Waals surface area contributed by atoms with Crippen molar-refractivity contribution in [3.05, 3.63) is 144 Å². The minimum absolute atomic E-state index is 1.22. The fourth-order valence-electron chi connectivity index (χ4n) is 6.23. The summed E-state index contributed by atoms with van der Waals surface area (Å²) in [4.78, 5) is 0. The molecule has 0 fully saturated rings. The van der Waals surface area contributed by atoms with E-state index in [-0.39, 0.29) is 0 Å². The van der Waals surface area contributed by atoms with Gasteiger partial charge in [0.2, 0.25) is 0 Å². The van der Waals surface area contributed by atoms with Gasteiger partial charge < -0.3 is 0 Å². The van der Waals surface area contributed by atoms with Crippen LogP contribution in [0.25, 0.3) is 58.8 Å². The molecule has 0 atom stereocenters. The molecule has 0 amide bonds. The molecule has 0 unspecified atom stereocenters. The summed E-state index contributed by atoms with van der Waals surface area (Å²) in [5.41, 5.74) is 6.60. The third kappa shape index (κ3) is 3.11. The molecular formula is C36H22INS. The summed E-state index contributed by atoms with van der Waals surface area (Å²) in [5, 5.41) is 5.34. The van der Waals surface area contributed by atoms with Crippen molar-refractivity contribution in [1.82, 2.24) is 4.57 Å². The molecule has 0 spiro atoms. The molecule has 3 heterocycles. The molecule has 6 aromatic carbocycles. The molecule has 2 aromatic heterocycles. The zero-order chi connectivity index (χ0) is 25.5. The Morgan fingerprint density at radius 2 is 1.00 bits per heavy atom. The molecular weight excluding hydrogens is 605 g/mol. The van der Waals surface area contributed by atoms with Gasteiger partial charge in [0, 0.05) is 0 Å². The normalized spacial score (nSPS) is 13.5. The third-order valence-electron chi connectivity index (χ3n) is 7.92. The first-order chi connectivity index (χ1) is 19.3. The SMILES string of the molecule is c1ccc2c(c1)-c1ccccc1I2c1ccc2sc3ccc(-n4c5ccccc5c5ccccc54)cc3c2c1. The van der Waals surface area contributed by atoms with Crippen LogP contribution < -0.4 is 0 Å². The number of para-hydroxylation sites is 2. The summed E-state index contributed by atoms with van der Waals surface area (Å²) in [6, 6.07) is 50.0. The second-order valence-electron chi connectivity index (χ2n) is 10.0. The Labute approximate surface area is 237 Å². The predicted octanol–water partition coefficient (Wildman–Crippen LogP) is 10.5. The van der Waals surface area contributed by atoms with Crippen LogP contribution in [-0.4, -0.2) is 4.57 Å². The van der Waals surface area contributed by atoms with Gasteiger partial charge in [-0.3, -0.25) is 0 Å². The van der Waals surface area contributed by atoms with Crippen molar-refractivity contribution in [2.75, 3.05) is 0 Å². The van der Waals surface area contributed by atoms with E-state index in [4.69, 9.17) is 0 Å². The molecule has 184 valence electrons. The molecule has 39 heavy (non-hydrogen) atoms. The first kappa shape index (κ1) is 21.9. The molecule has 0 N–H and O–H groups in total. The van der Waals surface area contributed by atoms with Gasteiger partial charge in [0.25, 0.3) is 0 Å². The maximum absolute atomic E-state index is 2.52. The van der Waals surface area contributed by atoms with Crippen LogP contribution in [-0.2, 0) is 0 Å². The van der Waals surface area contributed by atoms with E-state index in [0.29, 0.717) is 0 Å². The Bertz CT molecular complexity index is 2150. The number of aromatic nitrogens is 1. The number of halogens is 1. The van der Waals surface area contributed by atoms with Gasteiger partial charge in [-0.05, 0) is 0 Å². The molecule has 0 saturated carbocycles. The summed E-state index contributed by atoms with van der Waals surface area (Å²) < 4.78 is 9.79.